The number of aromatic nitrogens is 1. The largest absolute Gasteiger partial charge is 0.382 e. The molecule has 0 atom stereocenters. The summed E-state index contributed by atoms with van der Waals surface area (Å²) in [6.45, 7) is 11.1. The number of likely N-dealkylation sites (tertiary alicyclic amines) is 1. The number of rotatable bonds is 7. The maximum atomic E-state index is 13.9. The molecule has 4 rings (SSSR count). The highest BCUT2D eigenvalue weighted by Gasteiger charge is 2.29. The first-order valence-corrected chi connectivity index (χ1v) is 15.9. The van der Waals surface area contributed by atoms with E-state index in [0.717, 1.165) is 54.0 Å². The maximum Gasteiger partial charge on any atom is 0.254 e. The summed E-state index contributed by atoms with van der Waals surface area (Å²) >= 11 is 0. The monoisotopic (exact) mass is 601 g/mol. The van der Waals surface area contributed by atoms with E-state index < -0.39 is 10.0 Å². The first-order chi connectivity index (χ1) is 20.5. The molecule has 2 fully saturated rings. The summed E-state index contributed by atoms with van der Waals surface area (Å²) in [5.41, 5.74) is 5.94. The van der Waals surface area contributed by atoms with Crippen LogP contribution in [0.5, 0.6) is 0 Å². The first kappa shape index (κ1) is 31.6. The molecule has 11 heteroatoms. The van der Waals surface area contributed by atoms with Crippen molar-refractivity contribution < 1.29 is 13.2 Å². The molecule has 0 saturated carbocycles. The summed E-state index contributed by atoms with van der Waals surface area (Å²) in [7, 11) is -3.92. The Hall–Kier alpha value is -4.32. The number of nitrogens with zero attached hydrogens (tertiary/aromatic N) is 5. The van der Waals surface area contributed by atoms with Gasteiger partial charge in [-0.05, 0) is 69.4 Å². The van der Waals surface area contributed by atoms with E-state index in [1.807, 2.05) is 30.6 Å². The van der Waals surface area contributed by atoms with Crippen LogP contribution >= 0.6 is 0 Å². The van der Waals surface area contributed by atoms with Gasteiger partial charge in [0.05, 0.1) is 11.3 Å². The van der Waals surface area contributed by atoms with E-state index in [9.17, 15) is 18.5 Å². The van der Waals surface area contributed by atoms with E-state index in [1.165, 1.54) is 12.3 Å². The van der Waals surface area contributed by atoms with Gasteiger partial charge >= 0.3 is 0 Å². The fraction of sp³-hybridized carbons (Fsp3) is 0.406. The minimum atomic E-state index is -3.92. The number of terminal acetylenes is 1. The lowest BCUT2D eigenvalue weighted by molar-refractivity contribution is 0.0745. The lowest BCUT2D eigenvalue weighted by Gasteiger charge is -2.37. The molecular formula is C32H39N7O3S. The van der Waals surface area contributed by atoms with Crippen LogP contribution in [-0.2, 0) is 10.0 Å². The second kappa shape index (κ2) is 13.3. The van der Waals surface area contributed by atoms with Gasteiger partial charge in [-0.1, -0.05) is 18.1 Å². The summed E-state index contributed by atoms with van der Waals surface area (Å²) in [4.78, 5) is 23.9. The molecule has 2 aliphatic heterocycles. The van der Waals surface area contributed by atoms with Crippen LogP contribution in [-0.4, -0.2) is 74.4 Å². The first-order valence-electron chi connectivity index (χ1n) is 14.4. The number of hydrogen-bond donors (Lipinski definition) is 2. The number of pyridine rings is 1. The van der Waals surface area contributed by atoms with Crippen LogP contribution < -0.4 is 15.4 Å². The number of primary sulfonamides is 1. The van der Waals surface area contributed by atoms with Crippen LogP contribution in [0.2, 0.25) is 0 Å². The number of amides is 1. The summed E-state index contributed by atoms with van der Waals surface area (Å²) in [6.07, 6.45) is 12.2. The van der Waals surface area contributed by atoms with Gasteiger partial charge in [-0.25, -0.2) is 18.5 Å². The Morgan fingerprint density at radius 2 is 1.79 bits per heavy atom. The Labute approximate surface area is 254 Å². The van der Waals surface area contributed by atoms with Crippen molar-refractivity contribution in [3.8, 4) is 18.4 Å². The number of nitriles is 1. The number of benzene rings is 1. The summed E-state index contributed by atoms with van der Waals surface area (Å²) in [5, 5.41) is 18.7. The highest BCUT2D eigenvalue weighted by atomic mass is 32.2. The smallest absolute Gasteiger partial charge is 0.254 e. The van der Waals surface area contributed by atoms with Gasteiger partial charge in [0.15, 0.2) is 0 Å². The van der Waals surface area contributed by atoms with Crippen molar-refractivity contribution in [1.82, 2.24) is 14.8 Å². The van der Waals surface area contributed by atoms with E-state index >= 15 is 0 Å². The topological polar surface area (TPSA) is 136 Å². The van der Waals surface area contributed by atoms with Crippen molar-refractivity contribution in [2.24, 2.45) is 5.14 Å². The van der Waals surface area contributed by atoms with Gasteiger partial charge in [-0.15, -0.1) is 6.42 Å². The third-order valence-electron chi connectivity index (χ3n) is 8.20. The van der Waals surface area contributed by atoms with Gasteiger partial charge in [0.2, 0.25) is 10.0 Å². The lowest BCUT2D eigenvalue weighted by Crippen LogP contribution is -2.49. The Morgan fingerprint density at radius 3 is 2.37 bits per heavy atom. The molecule has 0 aliphatic carbocycles. The van der Waals surface area contributed by atoms with Gasteiger partial charge < -0.3 is 20.0 Å². The molecule has 1 aromatic carbocycles. The third kappa shape index (κ3) is 6.85. The maximum absolute atomic E-state index is 13.9. The molecule has 3 N–H and O–H groups in total. The third-order valence-corrected chi connectivity index (χ3v) is 9.13. The number of hydrogen-bond acceptors (Lipinski definition) is 8. The number of piperidine rings is 1. The highest BCUT2D eigenvalue weighted by Crippen LogP contribution is 2.31. The second-order valence-corrected chi connectivity index (χ2v) is 12.5. The van der Waals surface area contributed by atoms with E-state index in [-0.39, 0.29) is 16.8 Å². The molecule has 10 nitrogen and oxygen atoms in total. The van der Waals surface area contributed by atoms with E-state index in [0.29, 0.717) is 43.1 Å². The number of nitrogens with one attached hydrogen (secondary N) is 1. The standard InChI is InChI=1S/C32H39N7O3S/c1-6-9-27(25(7-2)21-33)37-14-11-26(12-15-37)36-30-23(4)20-22(3)29(24(30)5)32(40)39-18-16-38(17-19-39)31-28(43(34,41)42)10-8-13-35-31/h1,7-10,13,20,26,36H,11-12,14-19H2,2-5H3,(H2,34,41,42)/b25-7-,27-9+. The predicted molar refractivity (Wildman–Crippen MR) is 169 cm³/mol. The van der Waals surface area contributed by atoms with Crippen LogP contribution in [0.3, 0.4) is 0 Å². The quantitative estimate of drug-likeness (QED) is 0.280. The number of carbonyl (C=O) groups is 1. The van der Waals surface area contributed by atoms with Crippen molar-refractivity contribution >= 4 is 27.4 Å². The van der Waals surface area contributed by atoms with Crippen molar-refractivity contribution in [2.75, 3.05) is 49.5 Å². The Morgan fingerprint density at radius 1 is 1.12 bits per heavy atom. The van der Waals surface area contributed by atoms with Crippen LogP contribution in [0.25, 0.3) is 0 Å². The number of anilines is 2. The van der Waals surface area contributed by atoms with Crippen molar-refractivity contribution in [3.63, 3.8) is 0 Å². The van der Waals surface area contributed by atoms with Crippen LogP contribution in [0.4, 0.5) is 11.5 Å². The molecule has 2 aliphatic rings. The Bertz CT molecular complexity index is 1630. The number of piperazine rings is 1. The van der Waals surface area contributed by atoms with E-state index in [4.69, 9.17) is 11.6 Å². The van der Waals surface area contributed by atoms with Crippen LogP contribution in [0.1, 0.15) is 46.8 Å². The normalized spacial score (nSPS) is 17.0. The number of carbonyl (C=O) groups excluding carboxylic acids is 1. The van der Waals surface area contributed by atoms with Gasteiger partial charge in [-0.2, -0.15) is 5.26 Å². The Kier molecular flexibility index (Phi) is 9.80. The fourth-order valence-corrected chi connectivity index (χ4v) is 6.72. The second-order valence-electron chi connectivity index (χ2n) is 11.0. The molecule has 43 heavy (non-hydrogen) atoms. The fourth-order valence-electron chi connectivity index (χ4n) is 6.01. The van der Waals surface area contributed by atoms with Crippen LogP contribution in [0, 0.1) is 44.4 Å². The van der Waals surface area contributed by atoms with Gasteiger partial charge in [0.25, 0.3) is 5.91 Å². The van der Waals surface area contributed by atoms with Gasteiger partial charge in [-0.3, -0.25) is 4.79 Å². The molecule has 3 heterocycles. The molecule has 1 aromatic heterocycles. The zero-order valence-electron chi connectivity index (χ0n) is 25.2. The van der Waals surface area contributed by atoms with Crippen molar-refractivity contribution in [1.29, 1.82) is 5.26 Å². The Balaban J connectivity index is 1.47. The molecule has 0 unspecified atom stereocenters. The highest BCUT2D eigenvalue weighted by molar-refractivity contribution is 7.89. The minimum Gasteiger partial charge on any atom is -0.382 e. The van der Waals surface area contributed by atoms with E-state index in [2.05, 4.69) is 40.2 Å². The molecule has 2 saturated heterocycles. The molecule has 1 amide bonds. The zero-order chi connectivity index (χ0) is 31.3. The lowest BCUT2D eigenvalue weighted by atomic mass is 9.94. The van der Waals surface area contributed by atoms with E-state index in [1.54, 1.807) is 18.2 Å². The van der Waals surface area contributed by atoms with Crippen molar-refractivity contribution in [3.05, 3.63) is 70.1 Å². The van der Waals surface area contributed by atoms with Gasteiger partial charge in [0, 0.05) is 68.8 Å². The summed E-state index contributed by atoms with van der Waals surface area (Å²) in [6, 6.07) is 7.49. The average molecular weight is 602 g/mol. The molecule has 0 radical (unpaired) electrons. The number of allylic oxidation sites excluding steroid dienone is 3. The summed E-state index contributed by atoms with van der Waals surface area (Å²) in [5.74, 6) is 2.84. The minimum absolute atomic E-state index is 0.0165. The average Bonchev–Trinajstić information content (AvgIpc) is 2.99. The molecule has 0 spiro atoms. The SMILES string of the molecule is C#C/C=C(\C(C#N)=C/C)N1CCC(Nc2c(C)cc(C)c(C(=O)N3CCN(c4ncccc4S(N)(=O)=O)CC3)c2C)CC1. The zero-order valence-corrected chi connectivity index (χ0v) is 26.0. The predicted octanol–water partition coefficient (Wildman–Crippen LogP) is 3.48. The van der Waals surface area contributed by atoms with Crippen molar-refractivity contribution in [2.45, 2.75) is 51.5 Å². The summed E-state index contributed by atoms with van der Waals surface area (Å²) < 4.78 is 24.1. The van der Waals surface area contributed by atoms with Gasteiger partial charge in [0.1, 0.15) is 16.8 Å². The molecule has 0 bridgehead atoms. The molecular weight excluding hydrogens is 562 g/mol. The number of nitrogens with two attached hydrogens (primary N) is 1. The molecule has 2 aromatic rings. The number of aryl methyl sites for hydroxylation is 2. The van der Waals surface area contributed by atoms with Crippen LogP contribution in [0.15, 0.2) is 52.7 Å². The molecule has 226 valence electrons. The number of sulfonamides is 1.